The first-order chi connectivity index (χ1) is 11.1. The van der Waals surface area contributed by atoms with Gasteiger partial charge in [-0.2, -0.15) is 5.10 Å². The van der Waals surface area contributed by atoms with Crippen LogP contribution in [0.3, 0.4) is 0 Å². The molecular formula is C16H23N5O2. The van der Waals surface area contributed by atoms with E-state index in [2.05, 4.69) is 15.3 Å². The highest BCUT2D eigenvalue weighted by molar-refractivity contribution is 6.08. The van der Waals surface area contributed by atoms with Gasteiger partial charge >= 0.3 is 0 Å². The van der Waals surface area contributed by atoms with Crippen molar-refractivity contribution >= 4 is 22.5 Å². The number of rotatable bonds is 6. The van der Waals surface area contributed by atoms with Crippen molar-refractivity contribution in [2.75, 3.05) is 38.8 Å². The van der Waals surface area contributed by atoms with Crippen LogP contribution in [0.1, 0.15) is 16.8 Å². The van der Waals surface area contributed by atoms with E-state index >= 15 is 0 Å². The Morgan fingerprint density at radius 1 is 1.52 bits per heavy atom. The minimum atomic E-state index is -0.451. The summed E-state index contributed by atoms with van der Waals surface area (Å²) in [5.74, 6) is -0.451. The fourth-order valence-corrected chi connectivity index (χ4v) is 3.13. The summed E-state index contributed by atoms with van der Waals surface area (Å²) in [4.78, 5) is 14.0. The molecule has 0 radical (unpaired) electrons. The summed E-state index contributed by atoms with van der Waals surface area (Å²) in [6, 6.07) is 4.24. The highest BCUT2D eigenvalue weighted by Gasteiger charge is 2.24. The Hall–Kier alpha value is -2.12. The van der Waals surface area contributed by atoms with Crippen LogP contribution in [0, 0.1) is 0 Å². The molecule has 1 aliphatic heterocycles. The summed E-state index contributed by atoms with van der Waals surface area (Å²) in [7, 11) is 3.65. The van der Waals surface area contributed by atoms with Gasteiger partial charge in [0.25, 0.3) is 5.91 Å². The molecular weight excluding hydrogens is 294 g/mol. The van der Waals surface area contributed by atoms with E-state index in [0.29, 0.717) is 30.3 Å². The van der Waals surface area contributed by atoms with Crippen LogP contribution in [0.5, 0.6) is 0 Å². The van der Waals surface area contributed by atoms with Crippen LogP contribution in [-0.4, -0.2) is 55.6 Å². The highest BCUT2D eigenvalue weighted by atomic mass is 16.5. The third kappa shape index (κ3) is 3.02. The number of nitrogens with two attached hydrogens (primary N) is 1. The predicted molar refractivity (Wildman–Crippen MR) is 89.8 cm³/mol. The third-order valence-corrected chi connectivity index (χ3v) is 4.43. The third-order valence-electron chi connectivity index (χ3n) is 4.43. The topological polar surface area (TPSA) is 85.4 Å². The number of benzene rings is 1. The van der Waals surface area contributed by atoms with Crippen molar-refractivity contribution in [2.24, 2.45) is 5.73 Å². The summed E-state index contributed by atoms with van der Waals surface area (Å²) in [5.41, 5.74) is 7.73. The van der Waals surface area contributed by atoms with E-state index in [1.807, 2.05) is 24.0 Å². The fraction of sp³-hybridized carbons (Fsp3) is 0.500. The number of nitrogens with one attached hydrogen (secondary N) is 1. The van der Waals surface area contributed by atoms with Gasteiger partial charge in [-0.3, -0.25) is 9.48 Å². The number of methoxy groups -OCH3 is 1. The number of likely N-dealkylation sites (N-methyl/N-ethyl adjacent to an activating group) is 1. The molecule has 1 saturated heterocycles. The Bertz CT molecular complexity index is 712. The minimum absolute atomic E-state index is 0.451. The van der Waals surface area contributed by atoms with Gasteiger partial charge in [0, 0.05) is 43.5 Å². The number of hydrogen-bond donors (Lipinski definition) is 2. The van der Waals surface area contributed by atoms with Crippen LogP contribution >= 0.6 is 0 Å². The molecule has 7 nitrogen and oxygen atoms in total. The summed E-state index contributed by atoms with van der Waals surface area (Å²) in [5, 5.41) is 8.82. The molecule has 0 aliphatic carbocycles. The molecule has 0 bridgehead atoms. The van der Waals surface area contributed by atoms with Crippen molar-refractivity contribution in [2.45, 2.75) is 19.0 Å². The Morgan fingerprint density at radius 3 is 3.00 bits per heavy atom. The number of anilines is 1. The van der Waals surface area contributed by atoms with E-state index in [9.17, 15) is 4.79 Å². The first-order valence-corrected chi connectivity index (χ1v) is 7.85. The number of carbonyl (C=O) groups excluding carboxylic acids is 1. The first-order valence-electron chi connectivity index (χ1n) is 7.85. The first kappa shape index (κ1) is 15.8. The Kier molecular flexibility index (Phi) is 4.49. The predicted octanol–water partition coefficient (Wildman–Crippen LogP) is 0.580. The molecule has 0 saturated carbocycles. The van der Waals surface area contributed by atoms with Crippen molar-refractivity contribution < 1.29 is 9.53 Å². The van der Waals surface area contributed by atoms with Crippen molar-refractivity contribution in [1.29, 1.82) is 0 Å². The summed E-state index contributed by atoms with van der Waals surface area (Å²) in [6.45, 7) is 3.15. The zero-order valence-corrected chi connectivity index (χ0v) is 13.6. The average molecular weight is 317 g/mol. The Morgan fingerprint density at radius 2 is 2.35 bits per heavy atom. The Labute approximate surface area is 135 Å². The lowest BCUT2D eigenvalue weighted by molar-refractivity contribution is 0.100. The maximum absolute atomic E-state index is 11.7. The lowest BCUT2D eigenvalue weighted by atomic mass is 10.1. The van der Waals surface area contributed by atoms with Gasteiger partial charge < -0.3 is 20.7 Å². The molecule has 1 aromatic carbocycles. The molecule has 3 rings (SSSR count). The van der Waals surface area contributed by atoms with Gasteiger partial charge in [-0.1, -0.05) is 0 Å². The quantitative estimate of drug-likeness (QED) is 0.814. The SMILES string of the molecule is CNC1CCN(c2ccc(C(N)=O)c3nn(CCOC)cc23)C1. The number of aromatic nitrogens is 2. The number of primary amides is 1. The lowest BCUT2D eigenvalue weighted by Crippen LogP contribution is -2.29. The van der Waals surface area contributed by atoms with Crippen LogP contribution in [0.2, 0.25) is 0 Å². The second kappa shape index (κ2) is 6.55. The monoisotopic (exact) mass is 317 g/mol. The van der Waals surface area contributed by atoms with Crippen molar-refractivity contribution in [1.82, 2.24) is 15.1 Å². The molecule has 1 aromatic heterocycles. The number of hydrogen-bond acceptors (Lipinski definition) is 5. The zero-order valence-electron chi connectivity index (χ0n) is 13.6. The van der Waals surface area contributed by atoms with Gasteiger partial charge in [-0.15, -0.1) is 0 Å². The van der Waals surface area contributed by atoms with Crippen LogP contribution in [0.15, 0.2) is 18.3 Å². The number of nitrogens with zero attached hydrogens (tertiary/aromatic N) is 3. The van der Waals surface area contributed by atoms with E-state index in [1.54, 1.807) is 13.2 Å². The lowest BCUT2D eigenvalue weighted by Gasteiger charge is -2.19. The maximum Gasteiger partial charge on any atom is 0.250 e. The van der Waals surface area contributed by atoms with Gasteiger partial charge in [0.05, 0.1) is 18.7 Å². The highest BCUT2D eigenvalue weighted by Crippen LogP contribution is 2.31. The summed E-state index contributed by atoms with van der Waals surface area (Å²) >= 11 is 0. The molecule has 2 heterocycles. The molecule has 1 unspecified atom stereocenters. The Balaban J connectivity index is 2.03. The molecule has 7 heteroatoms. The molecule has 2 aromatic rings. The molecule has 1 amide bonds. The largest absolute Gasteiger partial charge is 0.383 e. The normalized spacial score (nSPS) is 18.0. The van der Waals surface area contributed by atoms with Crippen molar-refractivity contribution in [3.63, 3.8) is 0 Å². The van der Waals surface area contributed by atoms with Gasteiger partial charge in [0.1, 0.15) is 5.52 Å². The van der Waals surface area contributed by atoms with E-state index in [-0.39, 0.29) is 0 Å². The second-order valence-electron chi connectivity index (χ2n) is 5.86. The molecule has 1 atom stereocenters. The zero-order chi connectivity index (χ0) is 16.4. The van der Waals surface area contributed by atoms with Gasteiger partial charge in [0.2, 0.25) is 0 Å². The van der Waals surface area contributed by atoms with E-state index in [0.717, 1.165) is 30.6 Å². The number of fused-ring (bicyclic) bond motifs is 1. The average Bonchev–Trinajstić information content (AvgIpc) is 3.18. The second-order valence-corrected chi connectivity index (χ2v) is 5.86. The number of ether oxygens (including phenoxy) is 1. The van der Waals surface area contributed by atoms with E-state index in [1.165, 1.54) is 0 Å². The maximum atomic E-state index is 11.7. The van der Waals surface area contributed by atoms with Crippen molar-refractivity contribution in [3.05, 3.63) is 23.9 Å². The fourth-order valence-electron chi connectivity index (χ4n) is 3.13. The molecule has 124 valence electrons. The van der Waals surface area contributed by atoms with Crippen LogP contribution < -0.4 is 16.0 Å². The van der Waals surface area contributed by atoms with Gasteiger partial charge in [-0.05, 0) is 25.6 Å². The molecule has 1 fully saturated rings. The van der Waals surface area contributed by atoms with Crippen LogP contribution in [0.4, 0.5) is 5.69 Å². The van der Waals surface area contributed by atoms with E-state index in [4.69, 9.17) is 10.5 Å². The summed E-state index contributed by atoms with van der Waals surface area (Å²) < 4.78 is 6.92. The number of carbonyl (C=O) groups is 1. The van der Waals surface area contributed by atoms with Gasteiger partial charge in [-0.25, -0.2) is 0 Å². The summed E-state index contributed by atoms with van der Waals surface area (Å²) in [6.07, 6.45) is 3.08. The van der Waals surface area contributed by atoms with Gasteiger partial charge in [0.15, 0.2) is 0 Å². The molecule has 0 spiro atoms. The standard InChI is InChI=1S/C16H23N5O2/c1-18-11-5-6-20(9-11)14-4-3-12(16(17)22)15-13(14)10-21(19-15)7-8-23-2/h3-4,10-11,18H,5-9H2,1-2H3,(H2,17,22). The van der Waals surface area contributed by atoms with Crippen molar-refractivity contribution in [3.8, 4) is 0 Å². The molecule has 23 heavy (non-hydrogen) atoms. The number of amides is 1. The van der Waals surface area contributed by atoms with E-state index < -0.39 is 5.91 Å². The van der Waals surface area contributed by atoms with Crippen LogP contribution in [0.25, 0.3) is 10.9 Å². The molecule has 1 aliphatic rings. The van der Waals surface area contributed by atoms with Crippen LogP contribution in [-0.2, 0) is 11.3 Å². The smallest absolute Gasteiger partial charge is 0.250 e. The minimum Gasteiger partial charge on any atom is -0.383 e. The molecule has 3 N–H and O–H groups in total.